The van der Waals surface area contributed by atoms with Gasteiger partial charge in [0.15, 0.2) is 0 Å². The Hall–Kier alpha value is -0.250. The summed E-state index contributed by atoms with van der Waals surface area (Å²) in [6.07, 6.45) is 0.946. The number of carbonyl (C=O) groups is 1. The van der Waals surface area contributed by atoms with Crippen LogP contribution in [0.15, 0.2) is 0 Å². The third-order valence-corrected chi connectivity index (χ3v) is 4.93. The normalized spacial score (nSPS) is 15.4. The molecule has 0 aromatic rings. The molecule has 0 fully saturated rings. The molecule has 0 rings (SSSR count). The van der Waals surface area contributed by atoms with Crippen molar-refractivity contribution in [1.82, 2.24) is 0 Å². The molecule has 1 unspecified atom stereocenters. The molecule has 108 valence electrons. The van der Waals surface area contributed by atoms with Gasteiger partial charge in [0.1, 0.15) is 3.53 Å². The molecule has 19 heavy (non-hydrogen) atoms. The van der Waals surface area contributed by atoms with Crippen LogP contribution < -0.4 is 0 Å². The lowest BCUT2D eigenvalue weighted by Gasteiger charge is -2.32. The molecule has 1 atom stereocenters. The summed E-state index contributed by atoms with van der Waals surface area (Å²) >= 11 is 7.65. The van der Waals surface area contributed by atoms with Crippen LogP contribution in [0.4, 0.5) is 0 Å². The molecule has 1 N–H and O–H groups in total. The number of thioether (sulfide) groups is 2. The van der Waals surface area contributed by atoms with Crippen molar-refractivity contribution in [3.05, 3.63) is 0 Å². The molecule has 0 aliphatic heterocycles. The average molecular weight is 320 g/mol. The van der Waals surface area contributed by atoms with Crippen molar-refractivity contribution in [3.63, 3.8) is 0 Å². The van der Waals surface area contributed by atoms with Crippen LogP contribution in [-0.4, -0.2) is 24.1 Å². The molecule has 0 spiro atoms. The topological polar surface area (TPSA) is 61.1 Å². The lowest BCUT2D eigenvalue weighted by molar-refractivity contribution is -0.137. The minimum Gasteiger partial charge on any atom is -0.479 e. The van der Waals surface area contributed by atoms with Gasteiger partial charge in [0, 0.05) is 4.75 Å². The number of aliphatic carboxylic acids is 1. The fourth-order valence-electron chi connectivity index (χ4n) is 1.84. The highest BCUT2D eigenvalue weighted by atomic mass is 32.2. The van der Waals surface area contributed by atoms with Crippen LogP contribution in [0.25, 0.3) is 0 Å². The molecule has 3 nitrogen and oxygen atoms in total. The number of carboxylic acid groups (broad SMARTS) is 1. The summed E-state index contributed by atoms with van der Waals surface area (Å²) in [5.74, 6) is -1.16. The molecule has 0 aliphatic carbocycles. The zero-order valence-electron chi connectivity index (χ0n) is 12.2. The number of nitrogens with zero attached hydrogens (tertiary/aromatic N) is 1. The quantitative estimate of drug-likeness (QED) is 0.779. The second-order valence-corrected chi connectivity index (χ2v) is 10.7. The van der Waals surface area contributed by atoms with Gasteiger partial charge < -0.3 is 5.11 Å². The zero-order chi connectivity index (χ0) is 15.5. The van der Waals surface area contributed by atoms with Gasteiger partial charge in [-0.3, -0.25) is 0 Å². The van der Waals surface area contributed by atoms with E-state index >= 15 is 0 Å². The van der Waals surface area contributed by atoms with Gasteiger partial charge in [-0.05, 0) is 18.8 Å². The van der Waals surface area contributed by atoms with Crippen LogP contribution in [0, 0.1) is 16.7 Å². The summed E-state index contributed by atoms with van der Waals surface area (Å²) in [5, 5.41) is 18.0. The minimum atomic E-state index is -1.51. The van der Waals surface area contributed by atoms with E-state index in [2.05, 4.69) is 34.6 Å². The van der Waals surface area contributed by atoms with E-state index < -0.39 is 10.7 Å². The van der Waals surface area contributed by atoms with Gasteiger partial charge in [0.2, 0.25) is 4.75 Å². The van der Waals surface area contributed by atoms with Crippen LogP contribution in [0.3, 0.4) is 0 Å². The van der Waals surface area contributed by atoms with E-state index in [0.29, 0.717) is 3.53 Å². The predicted molar refractivity (Wildman–Crippen MR) is 87.6 cm³/mol. The maximum atomic E-state index is 11.1. The SMILES string of the molecule is CC(C)(C)CC(C)(C)SC(=S)SC(C)(C#N)C(=O)O. The van der Waals surface area contributed by atoms with Gasteiger partial charge in [0.25, 0.3) is 0 Å². The molecule has 0 saturated heterocycles. The van der Waals surface area contributed by atoms with Gasteiger partial charge >= 0.3 is 5.97 Å². The van der Waals surface area contributed by atoms with E-state index in [-0.39, 0.29) is 10.2 Å². The van der Waals surface area contributed by atoms with E-state index in [1.807, 2.05) is 0 Å². The lowest BCUT2D eigenvalue weighted by atomic mass is 9.86. The second kappa shape index (κ2) is 6.47. The van der Waals surface area contributed by atoms with E-state index in [4.69, 9.17) is 22.6 Å². The molecule has 0 heterocycles. The molecule has 6 heteroatoms. The molecule has 0 aromatic carbocycles. The summed E-state index contributed by atoms with van der Waals surface area (Å²) in [6.45, 7) is 12.0. The Kier molecular flexibility index (Phi) is 6.38. The summed E-state index contributed by atoms with van der Waals surface area (Å²) in [6, 6.07) is 1.81. The van der Waals surface area contributed by atoms with E-state index in [9.17, 15) is 4.79 Å². The standard InChI is InChI=1S/C13H21NO2S3/c1-11(2,3)7-12(4,5)18-10(17)19-13(6,8-14)9(15)16/h7H2,1-6H3,(H,15,16). The monoisotopic (exact) mass is 319 g/mol. The van der Waals surface area contributed by atoms with Gasteiger partial charge in [0.05, 0.1) is 6.07 Å². The van der Waals surface area contributed by atoms with Gasteiger partial charge in [-0.15, -0.1) is 11.8 Å². The average Bonchev–Trinajstić information content (AvgIpc) is 2.11. The molecule has 0 amide bonds. The first-order valence-electron chi connectivity index (χ1n) is 5.88. The Labute approximate surface area is 129 Å². The highest BCUT2D eigenvalue weighted by Gasteiger charge is 2.37. The van der Waals surface area contributed by atoms with Crippen LogP contribution in [0.2, 0.25) is 0 Å². The first kappa shape index (κ1) is 18.8. The lowest BCUT2D eigenvalue weighted by Crippen LogP contribution is -2.31. The highest BCUT2D eigenvalue weighted by Crippen LogP contribution is 2.42. The van der Waals surface area contributed by atoms with E-state index in [0.717, 1.165) is 18.2 Å². The molecule has 0 radical (unpaired) electrons. The maximum Gasteiger partial charge on any atom is 0.334 e. The summed E-state index contributed by atoms with van der Waals surface area (Å²) in [5.41, 5.74) is 0.169. The minimum absolute atomic E-state index is 0.0861. The molecule has 0 aliphatic rings. The van der Waals surface area contributed by atoms with Crippen molar-refractivity contribution in [3.8, 4) is 6.07 Å². The number of hydrogen-bond donors (Lipinski definition) is 1. The Morgan fingerprint density at radius 2 is 1.68 bits per heavy atom. The second-order valence-electron chi connectivity index (χ2n) is 6.40. The number of nitriles is 1. The van der Waals surface area contributed by atoms with Crippen molar-refractivity contribution in [2.45, 2.75) is 57.5 Å². The Balaban J connectivity index is 4.72. The smallest absolute Gasteiger partial charge is 0.334 e. The zero-order valence-corrected chi connectivity index (χ0v) is 14.7. The first-order valence-corrected chi connectivity index (χ1v) is 7.92. The Bertz CT molecular complexity index is 407. The summed E-state index contributed by atoms with van der Waals surface area (Å²) in [4.78, 5) is 11.1. The van der Waals surface area contributed by atoms with Crippen LogP contribution in [-0.2, 0) is 4.79 Å². The maximum absolute atomic E-state index is 11.1. The molecule has 0 aromatic heterocycles. The number of carboxylic acids is 1. The first-order chi connectivity index (χ1) is 8.31. The van der Waals surface area contributed by atoms with Crippen molar-refractivity contribution in [1.29, 1.82) is 5.26 Å². The van der Waals surface area contributed by atoms with Gasteiger partial charge in [-0.1, -0.05) is 58.6 Å². The highest BCUT2D eigenvalue weighted by molar-refractivity contribution is 8.48. The molecular formula is C13H21NO2S3. The Morgan fingerprint density at radius 1 is 1.21 bits per heavy atom. The van der Waals surface area contributed by atoms with Crippen LogP contribution in [0.1, 0.15) is 48.0 Å². The fraction of sp³-hybridized carbons (Fsp3) is 0.769. The van der Waals surface area contributed by atoms with E-state index in [1.165, 1.54) is 18.7 Å². The molecule has 0 bridgehead atoms. The van der Waals surface area contributed by atoms with Crippen molar-refractivity contribution in [2.24, 2.45) is 5.41 Å². The largest absolute Gasteiger partial charge is 0.479 e. The van der Waals surface area contributed by atoms with Crippen LogP contribution >= 0.6 is 35.7 Å². The summed E-state index contributed by atoms with van der Waals surface area (Å²) in [7, 11) is 0. The Morgan fingerprint density at radius 3 is 2.00 bits per heavy atom. The van der Waals surface area contributed by atoms with Crippen molar-refractivity contribution >= 4 is 45.2 Å². The number of thiocarbonyl (C=S) groups is 1. The van der Waals surface area contributed by atoms with Gasteiger partial charge in [-0.2, -0.15) is 5.26 Å². The fourth-order valence-corrected chi connectivity index (χ4v) is 5.78. The van der Waals surface area contributed by atoms with Crippen molar-refractivity contribution < 1.29 is 9.90 Å². The van der Waals surface area contributed by atoms with E-state index in [1.54, 1.807) is 6.07 Å². The number of hydrogen-bond acceptors (Lipinski definition) is 5. The van der Waals surface area contributed by atoms with Crippen LogP contribution in [0.5, 0.6) is 0 Å². The summed E-state index contributed by atoms with van der Waals surface area (Å²) < 4.78 is -1.10. The molecule has 0 saturated carbocycles. The number of rotatable bonds is 4. The third-order valence-electron chi connectivity index (χ3n) is 2.22. The van der Waals surface area contributed by atoms with Gasteiger partial charge in [-0.25, -0.2) is 4.79 Å². The molecular weight excluding hydrogens is 298 g/mol. The predicted octanol–water partition coefficient (Wildman–Crippen LogP) is 4.32. The third kappa shape index (κ3) is 7.19. The van der Waals surface area contributed by atoms with Crippen molar-refractivity contribution in [2.75, 3.05) is 0 Å².